The van der Waals surface area contributed by atoms with Gasteiger partial charge >= 0.3 is 12.1 Å². The predicted octanol–water partition coefficient (Wildman–Crippen LogP) is 6.06. The highest BCUT2D eigenvalue weighted by Gasteiger charge is 2.74. The lowest BCUT2D eigenvalue weighted by atomic mass is 9.61. The van der Waals surface area contributed by atoms with Crippen LogP contribution in [-0.4, -0.2) is 37.9 Å². The maximum atomic E-state index is 15.0. The third kappa shape index (κ3) is 3.54. The van der Waals surface area contributed by atoms with Crippen LogP contribution in [0, 0.1) is 6.92 Å². The number of aliphatic hydroxyl groups is 1. The molecule has 2 atom stereocenters. The van der Waals surface area contributed by atoms with E-state index in [-0.39, 0.29) is 21.8 Å². The normalized spacial score (nSPS) is 22.5. The van der Waals surface area contributed by atoms with Crippen molar-refractivity contribution in [1.29, 1.82) is 0 Å². The molecule has 1 aliphatic carbocycles. The van der Waals surface area contributed by atoms with Crippen LogP contribution in [-0.2, 0) is 5.41 Å². The Kier molecular flexibility index (Phi) is 5.49. The second-order valence-electron chi connectivity index (χ2n) is 9.15. The summed E-state index contributed by atoms with van der Waals surface area (Å²) < 4.78 is 70.9. The summed E-state index contributed by atoms with van der Waals surface area (Å²) in [5.74, 6) is -5.50. The minimum atomic E-state index is -6.04. The number of alkyl halides is 5. The molecule has 3 aromatic rings. The number of rotatable bonds is 3. The average Bonchev–Trinajstić information content (AvgIpc) is 2.71. The van der Waals surface area contributed by atoms with E-state index in [1.165, 1.54) is 38.2 Å². The summed E-state index contributed by atoms with van der Waals surface area (Å²) in [7, 11) is 0. The van der Waals surface area contributed by atoms with E-state index in [0.717, 1.165) is 0 Å². The maximum absolute atomic E-state index is 15.0. The van der Waals surface area contributed by atoms with Gasteiger partial charge in [-0.3, -0.25) is 0 Å². The first-order valence-electron chi connectivity index (χ1n) is 10.3. The molecule has 182 valence electrons. The molecule has 0 aliphatic heterocycles. The van der Waals surface area contributed by atoms with Crippen LogP contribution in [0.5, 0.6) is 5.75 Å². The predicted molar refractivity (Wildman–Crippen MR) is 117 cm³/mol. The topological polar surface area (TPSA) is 78.3 Å². The Hall–Kier alpha value is -2.72. The van der Waals surface area contributed by atoms with Gasteiger partial charge in [-0.25, -0.2) is 9.97 Å². The molecule has 1 aromatic heterocycles. The lowest BCUT2D eigenvalue weighted by Gasteiger charge is -2.51. The molecular formula is C23H21ClF5N3O2. The van der Waals surface area contributed by atoms with Crippen molar-refractivity contribution in [1.82, 2.24) is 9.97 Å². The molecule has 2 aromatic carbocycles. The standard InChI is InChI=1S/C23H21ClF5N3O2/c1-11-30-9-13-15(31-11)5-4-6-16(13)32-19-12-7-8-14(24)18(33)17(12)20(2,3)10-21(19,34)22(25,26)23(27,28)29/h4-9,19,32-34H,10H2,1-3H3. The largest absolute Gasteiger partial charge is 0.506 e. The van der Waals surface area contributed by atoms with E-state index in [1.54, 1.807) is 19.1 Å². The summed E-state index contributed by atoms with van der Waals surface area (Å²) in [6.07, 6.45) is -5.65. The molecule has 0 saturated heterocycles. The molecule has 0 spiro atoms. The zero-order valence-electron chi connectivity index (χ0n) is 18.3. The zero-order chi connectivity index (χ0) is 25.3. The van der Waals surface area contributed by atoms with Crippen LogP contribution in [0.3, 0.4) is 0 Å². The van der Waals surface area contributed by atoms with Crippen molar-refractivity contribution in [3.05, 3.63) is 58.5 Å². The number of benzene rings is 2. The fourth-order valence-electron chi connectivity index (χ4n) is 4.82. The number of fused-ring (bicyclic) bond motifs is 2. The summed E-state index contributed by atoms with van der Waals surface area (Å²) in [6.45, 7) is 4.38. The molecule has 3 N–H and O–H groups in total. The monoisotopic (exact) mass is 501 g/mol. The van der Waals surface area contributed by atoms with Crippen molar-refractivity contribution in [2.75, 3.05) is 5.32 Å². The molecule has 0 fully saturated rings. The molecular weight excluding hydrogens is 481 g/mol. The summed E-state index contributed by atoms with van der Waals surface area (Å²) in [5.41, 5.74) is -4.58. The minimum absolute atomic E-state index is 0.0764. The molecule has 0 radical (unpaired) electrons. The fourth-order valence-corrected chi connectivity index (χ4v) is 4.98. The number of aromatic hydroxyl groups is 1. The minimum Gasteiger partial charge on any atom is -0.506 e. The van der Waals surface area contributed by atoms with Gasteiger partial charge in [-0.15, -0.1) is 0 Å². The first kappa shape index (κ1) is 24.4. The van der Waals surface area contributed by atoms with Gasteiger partial charge in [0.25, 0.3) is 0 Å². The molecule has 4 rings (SSSR count). The van der Waals surface area contributed by atoms with Crippen LogP contribution >= 0.6 is 11.6 Å². The molecule has 5 nitrogen and oxygen atoms in total. The summed E-state index contributed by atoms with van der Waals surface area (Å²) >= 11 is 6.03. The third-order valence-corrected chi connectivity index (χ3v) is 6.59. The van der Waals surface area contributed by atoms with Gasteiger partial charge in [-0.2, -0.15) is 22.0 Å². The van der Waals surface area contributed by atoms with E-state index in [0.29, 0.717) is 16.7 Å². The third-order valence-electron chi connectivity index (χ3n) is 6.28. The van der Waals surface area contributed by atoms with Crippen molar-refractivity contribution >= 4 is 28.2 Å². The Balaban J connectivity index is 1.99. The first-order valence-corrected chi connectivity index (χ1v) is 10.7. The van der Waals surface area contributed by atoms with Crippen LogP contribution < -0.4 is 5.32 Å². The van der Waals surface area contributed by atoms with Crippen molar-refractivity contribution < 1.29 is 32.2 Å². The average molecular weight is 502 g/mol. The molecule has 11 heteroatoms. The fraction of sp³-hybridized carbons (Fsp3) is 0.391. The lowest BCUT2D eigenvalue weighted by Crippen LogP contribution is -2.65. The number of aromatic nitrogens is 2. The van der Waals surface area contributed by atoms with Gasteiger partial charge in [0, 0.05) is 22.8 Å². The van der Waals surface area contributed by atoms with Gasteiger partial charge in [0.2, 0.25) is 0 Å². The van der Waals surface area contributed by atoms with E-state index in [9.17, 15) is 23.4 Å². The molecule has 34 heavy (non-hydrogen) atoms. The van der Waals surface area contributed by atoms with E-state index < -0.39 is 41.3 Å². The van der Waals surface area contributed by atoms with Crippen molar-refractivity contribution in [2.45, 2.75) is 56.3 Å². The van der Waals surface area contributed by atoms with Crippen LogP contribution in [0.1, 0.15) is 43.3 Å². The molecule has 0 bridgehead atoms. The number of phenols is 1. The van der Waals surface area contributed by atoms with Crippen molar-refractivity contribution in [3.8, 4) is 5.75 Å². The number of phenolic OH excluding ortho intramolecular Hbond substituents is 1. The highest BCUT2D eigenvalue weighted by atomic mass is 35.5. The molecule has 0 saturated carbocycles. The number of hydrogen-bond acceptors (Lipinski definition) is 5. The van der Waals surface area contributed by atoms with E-state index in [4.69, 9.17) is 11.6 Å². The Labute approximate surface area is 196 Å². The summed E-state index contributed by atoms with van der Waals surface area (Å²) in [4.78, 5) is 8.33. The Bertz CT molecular complexity index is 1280. The lowest BCUT2D eigenvalue weighted by molar-refractivity contribution is -0.349. The van der Waals surface area contributed by atoms with Gasteiger partial charge in [0.15, 0.2) is 5.60 Å². The second-order valence-corrected chi connectivity index (χ2v) is 9.56. The Morgan fingerprint density at radius 1 is 1.12 bits per heavy atom. The molecule has 2 unspecified atom stereocenters. The van der Waals surface area contributed by atoms with Crippen LogP contribution in [0.25, 0.3) is 10.9 Å². The van der Waals surface area contributed by atoms with E-state index in [1.807, 2.05) is 0 Å². The van der Waals surface area contributed by atoms with Crippen LogP contribution in [0.4, 0.5) is 27.6 Å². The number of halogens is 6. The Morgan fingerprint density at radius 2 is 1.79 bits per heavy atom. The number of nitrogens with zero attached hydrogens (tertiary/aromatic N) is 2. The highest BCUT2D eigenvalue weighted by molar-refractivity contribution is 6.32. The SMILES string of the molecule is Cc1ncc2c(NC3c4ccc(Cl)c(O)c4C(C)(C)CC3(O)C(F)(F)C(F)(F)F)cccc2n1. The van der Waals surface area contributed by atoms with Crippen molar-refractivity contribution in [2.24, 2.45) is 0 Å². The quantitative estimate of drug-likeness (QED) is 0.380. The number of aryl methyl sites for hydroxylation is 1. The van der Waals surface area contributed by atoms with Gasteiger partial charge in [0.05, 0.1) is 16.6 Å². The van der Waals surface area contributed by atoms with Gasteiger partial charge < -0.3 is 15.5 Å². The first-order chi connectivity index (χ1) is 15.6. The second kappa shape index (κ2) is 7.64. The molecule has 0 amide bonds. The highest BCUT2D eigenvalue weighted by Crippen LogP contribution is 2.60. The molecule has 1 aliphatic rings. The number of hydrogen-bond donors (Lipinski definition) is 3. The van der Waals surface area contributed by atoms with Gasteiger partial charge in [-0.1, -0.05) is 37.6 Å². The Morgan fingerprint density at radius 3 is 2.44 bits per heavy atom. The van der Waals surface area contributed by atoms with E-state index in [2.05, 4.69) is 15.3 Å². The van der Waals surface area contributed by atoms with Crippen LogP contribution in [0.15, 0.2) is 36.5 Å². The van der Waals surface area contributed by atoms with E-state index >= 15 is 8.78 Å². The van der Waals surface area contributed by atoms with Gasteiger partial charge in [-0.05, 0) is 42.5 Å². The maximum Gasteiger partial charge on any atom is 0.456 e. The van der Waals surface area contributed by atoms with Gasteiger partial charge in [0.1, 0.15) is 11.6 Å². The smallest absolute Gasteiger partial charge is 0.456 e. The molecule has 1 heterocycles. The number of nitrogens with one attached hydrogen (secondary N) is 1. The zero-order valence-corrected chi connectivity index (χ0v) is 19.1. The van der Waals surface area contributed by atoms with Crippen LogP contribution in [0.2, 0.25) is 5.02 Å². The number of anilines is 1. The summed E-state index contributed by atoms with van der Waals surface area (Å²) in [6, 6.07) is 5.09. The van der Waals surface area contributed by atoms with Crippen molar-refractivity contribution in [3.63, 3.8) is 0 Å². The summed E-state index contributed by atoms with van der Waals surface area (Å²) in [5, 5.41) is 24.8.